The highest BCUT2D eigenvalue weighted by atomic mass is 16.4. The first-order valence-electron chi connectivity index (χ1n) is 7.27. The second-order valence-corrected chi connectivity index (χ2v) is 6.17. The average Bonchev–Trinajstić information content (AvgIpc) is 2.32. The van der Waals surface area contributed by atoms with Gasteiger partial charge in [-0.25, -0.2) is 4.79 Å². The van der Waals surface area contributed by atoms with Gasteiger partial charge in [0.05, 0.1) is 0 Å². The van der Waals surface area contributed by atoms with Gasteiger partial charge in [0.1, 0.15) is 6.54 Å². The van der Waals surface area contributed by atoms with E-state index in [-0.39, 0.29) is 24.5 Å². The quantitative estimate of drug-likeness (QED) is 0.796. The van der Waals surface area contributed by atoms with Crippen LogP contribution in [0.2, 0.25) is 0 Å². The molecule has 0 aromatic heterocycles. The molecule has 1 rings (SSSR count). The minimum absolute atomic E-state index is 0.136. The normalized spacial score (nSPS) is 23.6. The maximum atomic E-state index is 12.2. The molecule has 1 aliphatic rings. The Morgan fingerprint density at radius 3 is 2.60 bits per heavy atom. The van der Waals surface area contributed by atoms with Gasteiger partial charge in [0.2, 0.25) is 0 Å². The van der Waals surface area contributed by atoms with E-state index in [0.717, 1.165) is 19.4 Å². The lowest BCUT2D eigenvalue weighted by Gasteiger charge is -2.36. The molecule has 2 atom stereocenters. The molecule has 6 nitrogen and oxygen atoms in total. The second kappa shape index (κ2) is 7.47. The van der Waals surface area contributed by atoms with Crippen molar-refractivity contribution in [2.24, 2.45) is 5.92 Å². The predicted molar refractivity (Wildman–Crippen MR) is 77.7 cm³/mol. The highest BCUT2D eigenvalue weighted by molar-refractivity contribution is 5.80. The van der Waals surface area contributed by atoms with Crippen LogP contribution in [0.15, 0.2) is 0 Å². The van der Waals surface area contributed by atoms with Crippen molar-refractivity contribution in [2.45, 2.75) is 45.7 Å². The number of carboxylic acid groups (broad SMARTS) is 1. The number of carbonyl (C=O) groups is 2. The first kappa shape index (κ1) is 16.8. The van der Waals surface area contributed by atoms with Gasteiger partial charge in [-0.1, -0.05) is 13.8 Å². The molecule has 116 valence electrons. The van der Waals surface area contributed by atoms with Crippen LogP contribution in [-0.2, 0) is 4.79 Å². The smallest absolute Gasteiger partial charge is 0.323 e. The summed E-state index contributed by atoms with van der Waals surface area (Å²) in [6.45, 7) is 7.25. The van der Waals surface area contributed by atoms with Crippen molar-refractivity contribution >= 4 is 12.0 Å². The third-order valence-corrected chi connectivity index (χ3v) is 3.73. The minimum Gasteiger partial charge on any atom is -0.480 e. The average molecular weight is 285 g/mol. The Morgan fingerprint density at radius 2 is 2.10 bits per heavy atom. The minimum atomic E-state index is -0.974. The van der Waals surface area contributed by atoms with E-state index in [0.29, 0.717) is 12.6 Å². The van der Waals surface area contributed by atoms with Gasteiger partial charge < -0.3 is 20.2 Å². The Kier molecular flexibility index (Phi) is 6.26. The molecule has 20 heavy (non-hydrogen) atoms. The SMILES string of the molecule is CC(C)CN(CC(=O)O)C(=O)NC1CCN(C)C(C)C1. The van der Waals surface area contributed by atoms with Crippen LogP contribution in [-0.4, -0.2) is 65.7 Å². The van der Waals surface area contributed by atoms with Crippen molar-refractivity contribution in [3.63, 3.8) is 0 Å². The van der Waals surface area contributed by atoms with Gasteiger partial charge in [0.25, 0.3) is 0 Å². The zero-order chi connectivity index (χ0) is 15.3. The summed E-state index contributed by atoms with van der Waals surface area (Å²) in [7, 11) is 2.08. The van der Waals surface area contributed by atoms with Crippen LogP contribution in [0.3, 0.4) is 0 Å². The van der Waals surface area contributed by atoms with Crippen molar-refractivity contribution in [3.8, 4) is 0 Å². The van der Waals surface area contributed by atoms with E-state index in [1.807, 2.05) is 13.8 Å². The van der Waals surface area contributed by atoms with Crippen LogP contribution in [0.4, 0.5) is 4.79 Å². The second-order valence-electron chi connectivity index (χ2n) is 6.17. The van der Waals surface area contributed by atoms with Crippen LogP contribution < -0.4 is 5.32 Å². The van der Waals surface area contributed by atoms with Gasteiger partial charge in [-0.15, -0.1) is 0 Å². The largest absolute Gasteiger partial charge is 0.480 e. The van der Waals surface area contributed by atoms with E-state index in [2.05, 4.69) is 24.2 Å². The molecule has 1 fully saturated rings. The molecule has 2 unspecified atom stereocenters. The molecular formula is C14H27N3O3. The van der Waals surface area contributed by atoms with Gasteiger partial charge in [-0.2, -0.15) is 0 Å². The van der Waals surface area contributed by atoms with E-state index in [4.69, 9.17) is 5.11 Å². The summed E-state index contributed by atoms with van der Waals surface area (Å²) >= 11 is 0. The predicted octanol–water partition coefficient (Wildman–Crippen LogP) is 1.22. The molecule has 0 radical (unpaired) electrons. The molecule has 0 aliphatic carbocycles. The van der Waals surface area contributed by atoms with Crippen LogP contribution in [0.25, 0.3) is 0 Å². The number of carbonyl (C=O) groups excluding carboxylic acids is 1. The van der Waals surface area contributed by atoms with Crippen LogP contribution >= 0.6 is 0 Å². The fraction of sp³-hybridized carbons (Fsp3) is 0.857. The molecule has 1 saturated heterocycles. The summed E-state index contributed by atoms with van der Waals surface area (Å²) < 4.78 is 0. The van der Waals surface area contributed by atoms with Crippen LogP contribution in [0.5, 0.6) is 0 Å². The Hall–Kier alpha value is -1.30. The third kappa shape index (κ3) is 5.36. The van der Waals surface area contributed by atoms with E-state index in [1.54, 1.807) is 0 Å². The Morgan fingerprint density at radius 1 is 1.45 bits per heavy atom. The van der Waals surface area contributed by atoms with Crippen LogP contribution in [0.1, 0.15) is 33.6 Å². The molecule has 0 saturated carbocycles. The number of urea groups is 1. The first-order valence-corrected chi connectivity index (χ1v) is 7.27. The highest BCUT2D eigenvalue weighted by Gasteiger charge is 2.26. The molecule has 6 heteroatoms. The number of nitrogens with zero attached hydrogens (tertiary/aromatic N) is 2. The number of carboxylic acids is 1. The van der Waals surface area contributed by atoms with Gasteiger partial charge >= 0.3 is 12.0 Å². The number of amides is 2. The van der Waals surface area contributed by atoms with Gasteiger partial charge in [0, 0.05) is 25.2 Å². The van der Waals surface area contributed by atoms with Gasteiger partial charge in [-0.3, -0.25) is 4.79 Å². The summed E-state index contributed by atoms with van der Waals surface area (Å²) in [6.07, 6.45) is 1.82. The first-order chi connectivity index (χ1) is 9.29. The van der Waals surface area contributed by atoms with Gasteiger partial charge in [0.15, 0.2) is 0 Å². The van der Waals surface area contributed by atoms with Crippen molar-refractivity contribution in [1.29, 1.82) is 0 Å². The number of hydrogen-bond donors (Lipinski definition) is 2. The van der Waals surface area contributed by atoms with Crippen molar-refractivity contribution in [3.05, 3.63) is 0 Å². The summed E-state index contributed by atoms with van der Waals surface area (Å²) in [6, 6.07) is 0.312. The maximum absolute atomic E-state index is 12.2. The maximum Gasteiger partial charge on any atom is 0.323 e. The van der Waals surface area contributed by atoms with Crippen LogP contribution in [0, 0.1) is 5.92 Å². The van der Waals surface area contributed by atoms with Gasteiger partial charge in [-0.05, 0) is 32.7 Å². The molecule has 2 amide bonds. The molecule has 0 spiro atoms. The Balaban J connectivity index is 2.54. The standard InChI is InChI=1S/C14H27N3O3/c1-10(2)8-17(9-13(18)19)14(20)15-12-5-6-16(4)11(3)7-12/h10-12H,5-9H2,1-4H3,(H,15,20)(H,18,19). The zero-order valence-corrected chi connectivity index (χ0v) is 12.9. The van der Waals surface area contributed by atoms with E-state index in [1.165, 1.54) is 4.90 Å². The van der Waals surface area contributed by atoms with E-state index in [9.17, 15) is 9.59 Å². The van der Waals surface area contributed by atoms with E-state index < -0.39 is 5.97 Å². The van der Waals surface area contributed by atoms with E-state index >= 15 is 0 Å². The van der Waals surface area contributed by atoms with Crippen molar-refractivity contribution < 1.29 is 14.7 Å². The number of rotatable bonds is 5. The molecular weight excluding hydrogens is 258 g/mol. The lowest BCUT2D eigenvalue weighted by Crippen LogP contribution is -2.52. The molecule has 0 aromatic rings. The number of hydrogen-bond acceptors (Lipinski definition) is 3. The lowest BCUT2D eigenvalue weighted by molar-refractivity contribution is -0.137. The lowest BCUT2D eigenvalue weighted by atomic mass is 9.99. The Bertz CT molecular complexity index is 347. The number of nitrogens with one attached hydrogen (secondary N) is 1. The highest BCUT2D eigenvalue weighted by Crippen LogP contribution is 2.15. The number of aliphatic carboxylic acids is 1. The fourth-order valence-electron chi connectivity index (χ4n) is 2.51. The summed E-state index contributed by atoms with van der Waals surface area (Å²) in [4.78, 5) is 26.7. The Labute approximate surface area is 121 Å². The van der Waals surface area contributed by atoms with Crippen molar-refractivity contribution in [2.75, 3.05) is 26.7 Å². The molecule has 1 aliphatic heterocycles. The number of likely N-dealkylation sites (tertiary alicyclic amines) is 1. The summed E-state index contributed by atoms with van der Waals surface area (Å²) in [5.74, 6) is -0.728. The summed E-state index contributed by atoms with van der Waals surface area (Å²) in [5.41, 5.74) is 0. The summed E-state index contributed by atoms with van der Waals surface area (Å²) in [5, 5.41) is 11.9. The molecule has 1 heterocycles. The molecule has 0 bridgehead atoms. The fourth-order valence-corrected chi connectivity index (χ4v) is 2.51. The third-order valence-electron chi connectivity index (χ3n) is 3.73. The topological polar surface area (TPSA) is 72.9 Å². The van der Waals surface area contributed by atoms with Crippen molar-refractivity contribution in [1.82, 2.24) is 15.1 Å². The molecule has 2 N–H and O–H groups in total. The molecule has 0 aromatic carbocycles. The zero-order valence-electron chi connectivity index (χ0n) is 12.9. The number of piperidine rings is 1. The monoisotopic (exact) mass is 285 g/mol.